The van der Waals surface area contributed by atoms with Crippen molar-refractivity contribution in [1.82, 2.24) is 0 Å². The van der Waals surface area contributed by atoms with E-state index in [1.165, 1.54) is 96.3 Å². The highest BCUT2D eigenvalue weighted by atomic mass is 16.7. The van der Waals surface area contributed by atoms with Crippen molar-refractivity contribution >= 4 is 0 Å². The molecule has 1 saturated heterocycles. The van der Waals surface area contributed by atoms with E-state index in [4.69, 9.17) is 23.7 Å². The van der Waals surface area contributed by atoms with E-state index >= 15 is 0 Å². The van der Waals surface area contributed by atoms with Crippen molar-refractivity contribution in [3.63, 3.8) is 0 Å². The molecule has 1 fully saturated rings. The first kappa shape index (κ1) is 43.2. The smallest absolute Gasteiger partial charge is 0.186 e. The Hall–Kier alpha value is -2.54. The molecule has 0 bridgehead atoms. The van der Waals surface area contributed by atoms with Gasteiger partial charge in [-0.3, -0.25) is 0 Å². The Kier molecular flexibility index (Phi) is 21.4. The van der Waals surface area contributed by atoms with Crippen LogP contribution in [0.5, 0.6) is 0 Å². The zero-order valence-electron chi connectivity index (χ0n) is 33.6. The molecule has 0 aliphatic carbocycles. The quantitative estimate of drug-likeness (QED) is 0.0505. The van der Waals surface area contributed by atoms with E-state index in [2.05, 4.69) is 112 Å². The fraction of sp³-hybridized carbons (Fsp3) is 0.625. The molecule has 1 unspecified atom stereocenters. The molecule has 0 radical (unpaired) electrons. The Morgan fingerprint density at radius 1 is 0.434 bits per heavy atom. The van der Waals surface area contributed by atoms with Crippen molar-refractivity contribution in [3.05, 3.63) is 108 Å². The SMILES string of the molecule is CCCCCCCCOC1[C@@H](COC(c2ccccc2)(c2ccccc2)c2ccccc2)O[C@H](OCCCCCCCC)[C@H]1OCCCCCCCC. The molecule has 0 aromatic heterocycles. The molecule has 3 aromatic rings. The average molecular weight is 729 g/mol. The van der Waals surface area contributed by atoms with E-state index in [1.807, 2.05) is 0 Å². The summed E-state index contributed by atoms with van der Waals surface area (Å²) in [6.07, 6.45) is 20.5. The summed E-state index contributed by atoms with van der Waals surface area (Å²) in [4.78, 5) is 0. The van der Waals surface area contributed by atoms with Crippen LogP contribution in [0.25, 0.3) is 0 Å². The van der Waals surface area contributed by atoms with Gasteiger partial charge in [-0.15, -0.1) is 0 Å². The van der Waals surface area contributed by atoms with Crippen LogP contribution < -0.4 is 0 Å². The normalized spacial score (nSPS) is 18.8. The summed E-state index contributed by atoms with van der Waals surface area (Å²) in [5.41, 5.74) is 2.38. The summed E-state index contributed by atoms with van der Waals surface area (Å²) in [5, 5.41) is 0. The Labute approximate surface area is 323 Å². The van der Waals surface area contributed by atoms with Gasteiger partial charge in [0.05, 0.1) is 6.61 Å². The molecular formula is C48H72O5. The number of ether oxygens (including phenoxy) is 5. The van der Waals surface area contributed by atoms with Crippen LogP contribution in [0, 0.1) is 0 Å². The Morgan fingerprint density at radius 2 is 0.792 bits per heavy atom. The minimum Gasteiger partial charge on any atom is -0.372 e. The van der Waals surface area contributed by atoms with E-state index in [1.54, 1.807) is 0 Å². The second kappa shape index (κ2) is 26.3. The second-order valence-electron chi connectivity index (χ2n) is 15.0. The molecule has 53 heavy (non-hydrogen) atoms. The van der Waals surface area contributed by atoms with E-state index in [9.17, 15) is 0 Å². The molecule has 4 atom stereocenters. The van der Waals surface area contributed by atoms with E-state index < -0.39 is 11.9 Å². The summed E-state index contributed by atoms with van der Waals surface area (Å²) in [5.74, 6) is 0. The first-order valence-corrected chi connectivity index (χ1v) is 21.5. The van der Waals surface area contributed by atoms with Gasteiger partial charge in [-0.1, -0.05) is 208 Å². The van der Waals surface area contributed by atoms with Gasteiger partial charge in [0.25, 0.3) is 0 Å². The van der Waals surface area contributed by atoms with Crippen LogP contribution in [0.15, 0.2) is 91.0 Å². The van der Waals surface area contributed by atoms with Crippen molar-refractivity contribution in [2.24, 2.45) is 0 Å². The topological polar surface area (TPSA) is 46.2 Å². The molecular weight excluding hydrogens is 657 g/mol. The van der Waals surface area contributed by atoms with Gasteiger partial charge < -0.3 is 23.7 Å². The molecule has 4 rings (SSSR count). The minimum atomic E-state index is -0.844. The highest BCUT2D eigenvalue weighted by Gasteiger charge is 2.49. The van der Waals surface area contributed by atoms with Gasteiger partial charge in [-0.25, -0.2) is 0 Å². The number of hydrogen-bond acceptors (Lipinski definition) is 5. The molecule has 1 heterocycles. The van der Waals surface area contributed by atoms with Crippen LogP contribution in [0.1, 0.15) is 153 Å². The fourth-order valence-electron chi connectivity index (χ4n) is 7.60. The first-order valence-electron chi connectivity index (χ1n) is 21.5. The average Bonchev–Trinajstić information content (AvgIpc) is 3.53. The van der Waals surface area contributed by atoms with Crippen LogP contribution in [0.2, 0.25) is 0 Å². The lowest BCUT2D eigenvalue weighted by Crippen LogP contribution is -2.42. The third-order valence-corrected chi connectivity index (χ3v) is 10.7. The van der Waals surface area contributed by atoms with Crippen molar-refractivity contribution in [3.8, 4) is 0 Å². The maximum absolute atomic E-state index is 7.32. The van der Waals surface area contributed by atoms with Crippen LogP contribution in [0.4, 0.5) is 0 Å². The zero-order valence-corrected chi connectivity index (χ0v) is 33.6. The lowest BCUT2D eigenvalue weighted by Gasteiger charge is -2.37. The van der Waals surface area contributed by atoms with Gasteiger partial charge in [-0.2, -0.15) is 0 Å². The number of benzene rings is 3. The highest BCUT2D eigenvalue weighted by Crippen LogP contribution is 2.41. The molecule has 5 heteroatoms. The van der Waals surface area contributed by atoms with Gasteiger partial charge in [0.15, 0.2) is 6.29 Å². The van der Waals surface area contributed by atoms with Gasteiger partial charge in [0.1, 0.15) is 23.9 Å². The standard InChI is InChI=1S/C48H72O5/c1-4-7-10-13-16-28-37-49-45-44(53-47(51-39-30-18-15-12-9-6-3)46(45)50-38-29-17-14-11-8-5-2)40-52-48(41-31-22-19-23-32-41,42-33-24-20-25-34-42)43-35-26-21-27-36-43/h19-27,31-36,44-47H,4-18,28-30,37-40H2,1-3H3/t44-,45?,46+,47+/m1/s1. The van der Waals surface area contributed by atoms with E-state index in [0.717, 1.165) is 36.0 Å². The van der Waals surface area contributed by atoms with Gasteiger partial charge in [-0.05, 0) is 36.0 Å². The van der Waals surface area contributed by atoms with Crippen LogP contribution in [-0.4, -0.2) is 51.0 Å². The molecule has 0 N–H and O–H groups in total. The third-order valence-electron chi connectivity index (χ3n) is 10.7. The molecule has 1 aliphatic heterocycles. The van der Waals surface area contributed by atoms with Crippen LogP contribution in [-0.2, 0) is 29.3 Å². The van der Waals surface area contributed by atoms with Crippen molar-refractivity contribution in [1.29, 1.82) is 0 Å². The fourth-order valence-corrected chi connectivity index (χ4v) is 7.60. The number of hydrogen-bond donors (Lipinski definition) is 0. The monoisotopic (exact) mass is 729 g/mol. The molecule has 5 nitrogen and oxygen atoms in total. The largest absolute Gasteiger partial charge is 0.372 e. The second-order valence-corrected chi connectivity index (χ2v) is 15.0. The minimum absolute atomic E-state index is 0.291. The van der Waals surface area contributed by atoms with Crippen molar-refractivity contribution < 1.29 is 23.7 Å². The van der Waals surface area contributed by atoms with Gasteiger partial charge >= 0.3 is 0 Å². The Morgan fingerprint density at radius 3 is 1.21 bits per heavy atom. The molecule has 0 saturated carbocycles. The Balaban J connectivity index is 1.57. The third kappa shape index (κ3) is 14.2. The number of rotatable bonds is 30. The maximum Gasteiger partial charge on any atom is 0.186 e. The summed E-state index contributed by atoms with van der Waals surface area (Å²) >= 11 is 0. The van der Waals surface area contributed by atoms with Gasteiger partial charge in [0.2, 0.25) is 0 Å². The number of unbranched alkanes of at least 4 members (excludes halogenated alkanes) is 15. The van der Waals surface area contributed by atoms with Crippen LogP contribution in [0.3, 0.4) is 0 Å². The predicted molar refractivity (Wildman–Crippen MR) is 219 cm³/mol. The molecule has 1 aliphatic rings. The lowest BCUT2D eigenvalue weighted by atomic mass is 9.80. The summed E-state index contributed by atoms with van der Waals surface area (Å²) in [6.45, 7) is 9.15. The molecule has 0 spiro atoms. The molecule has 3 aromatic carbocycles. The highest BCUT2D eigenvalue weighted by molar-refractivity contribution is 5.47. The van der Waals surface area contributed by atoms with E-state index in [-0.39, 0.29) is 18.3 Å². The summed E-state index contributed by atoms with van der Waals surface area (Å²) in [6, 6.07) is 31.8. The Bertz CT molecular complexity index is 1190. The van der Waals surface area contributed by atoms with Gasteiger partial charge in [0, 0.05) is 19.8 Å². The first-order chi connectivity index (χ1) is 26.2. The van der Waals surface area contributed by atoms with Crippen molar-refractivity contribution in [2.45, 2.75) is 167 Å². The van der Waals surface area contributed by atoms with Crippen LogP contribution >= 0.6 is 0 Å². The van der Waals surface area contributed by atoms with E-state index in [0.29, 0.717) is 26.4 Å². The lowest BCUT2D eigenvalue weighted by molar-refractivity contribution is -0.185. The summed E-state index contributed by atoms with van der Waals surface area (Å²) < 4.78 is 34.3. The maximum atomic E-state index is 7.32. The molecule has 294 valence electrons. The molecule has 0 amide bonds. The van der Waals surface area contributed by atoms with Crippen molar-refractivity contribution in [2.75, 3.05) is 26.4 Å². The zero-order chi connectivity index (χ0) is 37.2. The predicted octanol–water partition coefficient (Wildman–Crippen LogP) is 12.6. The summed E-state index contributed by atoms with van der Waals surface area (Å²) in [7, 11) is 0.